The van der Waals surface area contributed by atoms with Crippen LogP contribution in [0.1, 0.15) is 40.9 Å². The second-order valence-electron chi connectivity index (χ2n) is 10.2. The van der Waals surface area contributed by atoms with E-state index in [1.54, 1.807) is 54.6 Å². The quantitative estimate of drug-likeness (QED) is 0.135. The van der Waals surface area contributed by atoms with Crippen LogP contribution in [0.5, 0.6) is 0 Å². The summed E-state index contributed by atoms with van der Waals surface area (Å²) in [5.41, 5.74) is 4.45. The Labute approximate surface area is 255 Å². The SMILES string of the molecule is Cc1ccc(C=C(NC(=O)c2ccccc2)C(=O)Nc2ccc(SC(C)(C)C(=O)Nc3cccc(Cl)c3C)cc2)cc1. The lowest BCUT2D eigenvalue weighted by Gasteiger charge is -2.24. The molecule has 0 saturated carbocycles. The highest BCUT2D eigenvalue weighted by atomic mass is 35.5. The Balaban J connectivity index is 1.46. The monoisotopic (exact) mass is 597 g/mol. The normalized spacial score (nSPS) is 11.5. The number of nitrogens with one attached hydrogen (secondary N) is 3. The number of hydrogen-bond acceptors (Lipinski definition) is 4. The van der Waals surface area contributed by atoms with Crippen LogP contribution in [0, 0.1) is 13.8 Å². The molecule has 0 spiro atoms. The van der Waals surface area contributed by atoms with Gasteiger partial charge in [-0.2, -0.15) is 0 Å². The molecule has 214 valence electrons. The topological polar surface area (TPSA) is 87.3 Å². The second kappa shape index (κ2) is 13.6. The highest BCUT2D eigenvalue weighted by molar-refractivity contribution is 8.01. The van der Waals surface area contributed by atoms with E-state index in [0.717, 1.165) is 21.6 Å². The summed E-state index contributed by atoms with van der Waals surface area (Å²) in [5, 5.41) is 9.18. The van der Waals surface area contributed by atoms with Crippen LogP contribution in [0.25, 0.3) is 6.08 Å². The van der Waals surface area contributed by atoms with Crippen molar-refractivity contribution in [1.29, 1.82) is 0 Å². The number of thioether (sulfide) groups is 1. The minimum Gasteiger partial charge on any atom is -0.325 e. The highest BCUT2D eigenvalue weighted by Crippen LogP contribution is 2.35. The zero-order chi connectivity index (χ0) is 30.3. The predicted octanol–water partition coefficient (Wildman–Crippen LogP) is 7.88. The van der Waals surface area contributed by atoms with Crippen LogP contribution in [-0.2, 0) is 9.59 Å². The molecule has 3 N–H and O–H groups in total. The van der Waals surface area contributed by atoms with Crippen molar-refractivity contribution in [2.75, 3.05) is 10.6 Å². The Hall–Kier alpha value is -4.33. The largest absolute Gasteiger partial charge is 0.325 e. The van der Waals surface area contributed by atoms with Crippen molar-refractivity contribution in [2.24, 2.45) is 0 Å². The van der Waals surface area contributed by atoms with Crippen molar-refractivity contribution < 1.29 is 14.4 Å². The minimum atomic E-state index is -0.787. The molecule has 3 amide bonds. The number of halogens is 1. The van der Waals surface area contributed by atoms with Crippen molar-refractivity contribution in [1.82, 2.24) is 5.32 Å². The number of carbonyl (C=O) groups excluding carboxylic acids is 3. The second-order valence-corrected chi connectivity index (χ2v) is 12.3. The number of anilines is 2. The zero-order valence-corrected chi connectivity index (χ0v) is 25.4. The first-order valence-corrected chi connectivity index (χ1v) is 14.5. The summed E-state index contributed by atoms with van der Waals surface area (Å²) >= 11 is 7.60. The molecule has 4 aromatic carbocycles. The Morgan fingerprint density at radius 2 is 1.45 bits per heavy atom. The van der Waals surface area contributed by atoms with Gasteiger partial charge < -0.3 is 16.0 Å². The summed E-state index contributed by atoms with van der Waals surface area (Å²) in [6.07, 6.45) is 1.64. The van der Waals surface area contributed by atoms with E-state index in [1.165, 1.54) is 11.8 Å². The van der Waals surface area contributed by atoms with E-state index in [0.29, 0.717) is 22.0 Å². The average Bonchev–Trinajstić information content (AvgIpc) is 2.97. The fourth-order valence-corrected chi connectivity index (χ4v) is 5.11. The first-order valence-electron chi connectivity index (χ1n) is 13.3. The van der Waals surface area contributed by atoms with Gasteiger partial charge in [-0.25, -0.2) is 0 Å². The van der Waals surface area contributed by atoms with Gasteiger partial charge in [0.15, 0.2) is 0 Å². The molecule has 0 aliphatic heterocycles. The molecule has 0 fully saturated rings. The number of rotatable bonds is 9. The van der Waals surface area contributed by atoms with Gasteiger partial charge in [0.1, 0.15) is 5.70 Å². The summed E-state index contributed by atoms with van der Waals surface area (Å²) in [6, 6.07) is 29.0. The Morgan fingerprint density at radius 3 is 2.12 bits per heavy atom. The molecule has 4 aromatic rings. The molecule has 8 heteroatoms. The van der Waals surface area contributed by atoms with Crippen LogP contribution in [0.2, 0.25) is 5.02 Å². The molecule has 0 atom stereocenters. The predicted molar refractivity (Wildman–Crippen MR) is 173 cm³/mol. The Kier molecular flexibility index (Phi) is 9.88. The first-order chi connectivity index (χ1) is 20.0. The van der Waals surface area contributed by atoms with Gasteiger partial charge >= 0.3 is 0 Å². The van der Waals surface area contributed by atoms with Crippen molar-refractivity contribution in [3.8, 4) is 0 Å². The lowest BCUT2D eigenvalue weighted by Crippen LogP contribution is -2.34. The number of hydrogen-bond donors (Lipinski definition) is 3. The van der Waals surface area contributed by atoms with E-state index in [1.807, 2.05) is 76.2 Å². The first kappa shape index (κ1) is 30.6. The standard InChI is InChI=1S/C34H32ClN3O3S/c1-22-13-15-24(16-14-22)21-30(37-31(39)25-9-6-5-7-10-25)32(40)36-26-17-19-27(20-18-26)42-34(3,4)33(41)38-29-12-8-11-28(35)23(29)2/h5-21H,1-4H3,(H,36,40)(H,37,39)(H,38,41). The molecule has 6 nitrogen and oxygen atoms in total. The summed E-state index contributed by atoms with van der Waals surface area (Å²) in [7, 11) is 0. The van der Waals surface area contributed by atoms with Gasteiger partial charge in [0, 0.05) is 26.9 Å². The fourth-order valence-electron chi connectivity index (χ4n) is 3.93. The van der Waals surface area contributed by atoms with Gasteiger partial charge in [-0.3, -0.25) is 14.4 Å². The Morgan fingerprint density at radius 1 is 0.786 bits per heavy atom. The molecule has 0 bridgehead atoms. The van der Waals surface area contributed by atoms with Gasteiger partial charge in [0.05, 0.1) is 4.75 Å². The van der Waals surface area contributed by atoms with Crippen molar-refractivity contribution in [3.63, 3.8) is 0 Å². The van der Waals surface area contributed by atoms with Crippen LogP contribution in [-0.4, -0.2) is 22.5 Å². The molecule has 0 aromatic heterocycles. The van der Waals surface area contributed by atoms with Crippen LogP contribution in [0.3, 0.4) is 0 Å². The minimum absolute atomic E-state index is 0.111. The lowest BCUT2D eigenvalue weighted by atomic mass is 10.1. The van der Waals surface area contributed by atoms with E-state index in [-0.39, 0.29) is 17.5 Å². The van der Waals surface area contributed by atoms with E-state index < -0.39 is 10.7 Å². The summed E-state index contributed by atoms with van der Waals surface area (Å²) < 4.78 is -0.787. The highest BCUT2D eigenvalue weighted by Gasteiger charge is 2.29. The zero-order valence-electron chi connectivity index (χ0n) is 23.8. The number of benzene rings is 4. The molecule has 4 rings (SSSR count). The maximum absolute atomic E-state index is 13.3. The molecule has 42 heavy (non-hydrogen) atoms. The van der Waals surface area contributed by atoms with Gasteiger partial charge in [-0.1, -0.05) is 65.7 Å². The maximum atomic E-state index is 13.3. The maximum Gasteiger partial charge on any atom is 0.272 e. The molecule has 0 radical (unpaired) electrons. The van der Waals surface area contributed by atoms with Crippen LogP contribution in [0.4, 0.5) is 11.4 Å². The number of aryl methyl sites for hydroxylation is 1. The van der Waals surface area contributed by atoms with Crippen molar-refractivity contribution in [2.45, 2.75) is 37.3 Å². The molecule has 0 saturated heterocycles. The van der Waals surface area contributed by atoms with Gasteiger partial charge in [0.25, 0.3) is 11.8 Å². The summed E-state index contributed by atoms with van der Waals surface area (Å²) in [4.78, 5) is 40.1. The third-order valence-electron chi connectivity index (χ3n) is 6.47. The Bertz CT molecular complexity index is 1620. The lowest BCUT2D eigenvalue weighted by molar-refractivity contribution is -0.117. The van der Waals surface area contributed by atoms with Crippen molar-refractivity contribution in [3.05, 3.63) is 130 Å². The number of carbonyl (C=O) groups is 3. The van der Waals surface area contributed by atoms with Crippen LogP contribution >= 0.6 is 23.4 Å². The summed E-state index contributed by atoms with van der Waals surface area (Å²) in [5.74, 6) is -1.00. The summed E-state index contributed by atoms with van der Waals surface area (Å²) in [6.45, 7) is 7.54. The van der Waals surface area contributed by atoms with Crippen molar-refractivity contribution >= 4 is 58.5 Å². The van der Waals surface area contributed by atoms with E-state index in [9.17, 15) is 14.4 Å². The molecule has 0 aliphatic rings. The van der Waals surface area contributed by atoms with Gasteiger partial charge in [-0.05, 0) is 93.4 Å². The van der Waals surface area contributed by atoms with E-state index in [2.05, 4.69) is 16.0 Å². The van der Waals surface area contributed by atoms with E-state index in [4.69, 9.17) is 11.6 Å². The van der Waals surface area contributed by atoms with E-state index >= 15 is 0 Å². The number of amides is 3. The van der Waals surface area contributed by atoms with Gasteiger partial charge in [0.2, 0.25) is 5.91 Å². The third-order valence-corrected chi connectivity index (χ3v) is 8.08. The van der Waals surface area contributed by atoms with Gasteiger partial charge in [-0.15, -0.1) is 11.8 Å². The molecular formula is C34H32ClN3O3S. The van der Waals surface area contributed by atoms with Crippen LogP contribution < -0.4 is 16.0 Å². The smallest absolute Gasteiger partial charge is 0.272 e. The fraction of sp³-hybridized carbons (Fsp3) is 0.147. The molecule has 0 aliphatic carbocycles. The van der Waals surface area contributed by atoms with Crippen LogP contribution in [0.15, 0.2) is 108 Å². The molecule has 0 heterocycles. The molecular weight excluding hydrogens is 566 g/mol. The average molecular weight is 598 g/mol. The third kappa shape index (κ3) is 8.12. The molecule has 0 unspecified atom stereocenters.